The van der Waals surface area contributed by atoms with Crippen LogP contribution in [0.25, 0.3) is 0 Å². The molecule has 1 fully saturated rings. The van der Waals surface area contributed by atoms with Gasteiger partial charge in [0.1, 0.15) is 23.9 Å². The molecule has 1 aliphatic rings. The molecule has 1 aliphatic heterocycles. The zero-order valence-corrected chi connectivity index (χ0v) is 22.7. The number of ketones is 2. The minimum absolute atomic E-state index is 0.0697. The second-order valence-electron chi connectivity index (χ2n) is 10.3. The summed E-state index contributed by atoms with van der Waals surface area (Å²) in [5.41, 5.74) is 1.19. The number of rotatable bonds is 8. The monoisotopic (exact) mass is 548 g/mol. The van der Waals surface area contributed by atoms with Crippen molar-refractivity contribution in [3.63, 3.8) is 0 Å². The van der Waals surface area contributed by atoms with Gasteiger partial charge < -0.3 is 24.7 Å². The van der Waals surface area contributed by atoms with E-state index in [-0.39, 0.29) is 42.3 Å². The number of likely N-dealkylation sites (N-methyl/N-ethyl adjacent to an activating group) is 1. The van der Waals surface area contributed by atoms with Gasteiger partial charge in [0.2, 0.25) is 0 Å². The largest absolute Gasteiger partial charge is 0.508 e. The summed E-state index contributed by atoms with van der Waals surface area (Å²) in [6.45, 7) is 2.06. The molecule has 2 atom stereocenters. The standard InChI is InChI=1S/C31H33FN2O6/c1-19-24(11-6-12-27(19)32)28-25(29(37)20-7-4-9-22(35)15-20)17-34(31(39)40-14-13-33(2)3)18-26(28)30(38)21-8-5-10-23(36)16-21/h4-12,15-16,25-26,28,35-36H,13-14,17-18H2,1-3H3/t25-,26-/m0/s1. The quantitative estimate of drug-likeness (QED) is 0.395. The van der Waals surface area contributed by atoms with Crippen molar-refractivity contribution in [2.45, 2.75) is 12.8 Å². The highest BCUT2D eigenvalue weighted by atomic mass is 19.1. The molecule has 0 radical (unpaired) electrons. The van der Waals surface area contributed by atoms with Crippen molar-refractivity contribution in [2.24, 2.45) is 11.8 Å². The molecule has 210 valence electrons. The molecule has 4 rings (SSSR count). The summed E-state index contributed by atoms with van der Waals surface area (Å²) in [5.74, 6) is -4.19. The van der Waals surface area contributed by atoms with Gasteiger partial charge in [0.15, 0.2) is 11.6 Å². The maximum Gasteiger partial charge on any atom is 0.409 e. The van der Waals surface area contributed by atoms with E-state index in [1.807, 2.05) is 19.0 Å². The molecule has 0 spiro atoms. The van der Waals surface area contributed by atoms with Crippen molar-refractivity contribution in [2.75, 3.05) is 40.3 Å². The third kappa shape index (κ3) is 6.31. The molecule has 0 aliphatic carbocycles. The number of hydrogen-bond donors (Lipinski definition) is 2. The van der Waals surface area contributed by atoms with Gasteiger partial charge in [-0.3, -0.25) is 9.59 Å². The Hall–Kier alpha value is -4.24. The number of ether oxygens (including phenoxy) is 1. The van der Waals surface area contributed by atoms with Gasteiger partial charge in [0.25, 0.3) is 0 Å². The zero-order chi connectivity index (χ0) is 29.0. The van der Waals surface area contributed by atoms with Crippen LogP contribution < -0.4 is 0 Å². The summed E-state index contributed by atoms with van der Waals surface area (Å²) in [6, 6.07) is 16.3. The van der Waals surface area contributed by atoms with Crippen LogP contribution in [-0.2, 0) is 4.74 Å². The minimum atomic E-state index is -0.955. The van der Waals surface area contributed by atoms with Gasteiger partial charge in [-0.2, -0.15) is 0 Å². The summed E-state index contributed by atoms with van der Waals surface area (Å²) in [4.78, 5) is 44.4. The number of likely N-dealkylation sites (tertiary alicyclic amines) is 1. The SMILES string of the molecule is Cc1c(F)cccc1C1[C@@H](C(=O)c2cccc(O)c2)CN(C(=O)OCCN(C)C)C[C@@H]1C(=O)c1cccc(O)c1. The highest BCUT2D eigenvalue weighted by Gasteiger charge is 2.47. The first-order valence-corrected chi connectivity index (χ1v) is 13.0. The van der Waals surface area contributed by atoms with Crippen LogP contribution in [0.15, 0.2) is 66.7 Å². The molecule has 9 heteroatoms. The molecule has 0 bridgehead atoms. The second kappa shape index (κ2) is 12.3. The van der Waals surface area contributed by atoms with E-state index >= 15 is 0 Å². The third-order valence-electron chi connectivity index (χ3n) is 7.33. The molecule has 3 aromatic rings. The Balaban J connectivity index is 1.83. The Labute approximate surface area is 232 Å². The van der Waals surface area contributed by atoms with Crippen molar-refractivity contribution >= 4 is 17.7 Å². The van der Waals surface area contributed by atoms with Crippen molar-refractivity contribution in [1.82, 2.24) is 9.80 Å². The lowest BCUT2D eigenvalue weighted by Crippen LogP contribution is -2.52. The van der Waals surface area contributed by atoms with Crippen LogP contribution in [0.4, 0.5) is 9.18 Å². The second-order valence-corrected chi connectivity index (χ2v) is 10.3. The molecule has 1 saturated heterocycles. The molecular weight excluding hydrogens is 515 g/mol. The van der Waals surface area contributed by atoms with Crippen LogP contribution in [0.3, 0.4) is 0 Å². The van der Waals surface area contributed by atoms with Crippen molar-refractivity contribution in [1.29, 1.82) is 0 Å². The molecule has 1 amide bonds. The normalized spacial score (nSPS) is 17.6. The number of phenolic OH excluding ortho intramolecular Hbond substituents is 2. The lowest BCUT2D eigenvalue weighted by atomic mass is 9.68. The zero-order valence-electron chi connectivity index (χ0n) is 22.7. The van der Waals surface area contributed by atoms with Gasteiger partial charge in [0, 0.05) is 48.5 Å². The first kappa shape index (κ1) is 28.8. The summed E-state index contributed by atoms with van der Waals surface area (Å²) in [7, 11) is 3.68. The van der Waals surface area contributed by atoms with Gasteiger partial charge in [0.05, 0.1) is 0 Å². The highest BCUT2D eigenvalue weighted by molar-refractivity contribution is 6.03. The number of phenols is 2. The molecule has 0 unspecified atom stereocenters. The molecule has 0 saturated carbocycles. The predicted octanol–water partition coefficient (Wildman–Crippen LogP) is 4.64. The maximum atomic E-state index is 14.8. The van der Waals surface area contributed by atoms with Crippen LogP contribution in [-0.4, -0.2) is 78.0 Å². The first-order chi connectivity index (χ1) is 19.1. The Morgan fingerprint density at radius 2 is 1.43 bits per heavy atom. The smallest absolute Gasteiger partial charge is 0.409 e. The average molecular weight is 549 g/mol. The van der Waals surface area contributed by atoms with Gasteiger partial charge in [-0.15, -0.1) is 0 Å². The summed E-state index contributed by atoms with van der Waals surface area (Å²) in [5, 5.41) is 20.1. The van der Waals surface area contributed by atoms with E-state index in [0.717, 1.165) is 0 Å². The van der Waals surface area contributed by atoms with Crippen LogP contribution in [0.1, 0.15) is 37.8 Å². The Bertz CT molecular complexity index is 1340. The van der Waals surface area contributed by atoms with Crippen molar-refractivity contribution in [3.05, 3.63) is 94.8 Å². The van der Waals surface area contributed by atoms with Crippen molar-refractivity contribution in [3.8, 4) is 11.5 Å². The van der Waals surface area contributed by atoms with Crippen LogP contribution >= 0.6 is 0 Å². The number of nitrogens with zero attached hydrogens (tertiary/aromatic N) is 2. The predicted molar refractivity (Wildman–Crippen MR) is 147 cm³/mol. The van der Waals surface area contributed by atoms with E-state index < -0.39 is 41.2 Å². The number of carbonyl (C=O) groups excluding carboxylic acids is 3. The molecule has 8 nitrogen and oxygen atoms in total. The van der Waals surface area contributed by atoms with E-state index in [9.17, 15) is 29.0 Å². The van der Waals surface area contributed by atoms with E-state index in [2.05, 4.69) is 0 Å². The highest BCUT2D eigenvalue weighted by Crippen LogP contribution is 2.43. The molecule has 1 heterocycles. The fourth-order valence-electron chi connectivity index (χ4n) is 5.27. The molecule has 40 heavy (non-hydrogen) atoms. The summed E-state index contributed by atoms with van der Waals surface area (Å²) >= 11 is 0. The number of amides is 1. The van der Waals surface area contributed by atoms with Gasteiger partial charge in [-0.1, -0.05) is 36.4 Å². The lowest BCUT2D eigenvalue weighted by molar-refractivity contribution is 0.0467. The fraction of sp³-hybridized carbons (Fsp3) is 0.323. The number of aromatic hydroxyl groups is 2. The number of piperidine rings is 1. The van der Waals surface area contributed by atoms with E-state index in [4.69, 9.17) is 4.74 Å². The summed E-state index contributed by atoms with van der Waals surface area (Å²) < 4.78 is 20.3. The van der Waals surface area contributed by atoms with Crippen molar-refractivity contribution < 1.29 is 33.7 Å². The van der Waals surface area contributed by atoms with Crippen LogP contribution in [0, 0.1) is 24.6 Å². The topological polar surface area (TPSA) is 107 Å². The van der Waals surface area contributed by atoms with E-state index in [0.29, 0.717) is 17.7 Å². The first-order valence-electron chi connectivity index (χ1n) is 13.0. The number of benzene rings is 3. The summed E-state index contributed by atoms with van der Waals surface area (Å²) in [6.07, 6.45) is -0.668. The van der Waals surface area contributed by atoms with E-state index in [1.165, 1.54) is 53.4 Å². The molecule has 3 aromatic carbocycles. The third-order valence-corrected chi connectivity index (χ3v) is 7.33. The Morgan fingerprint density at radius 3 is 1.93 bits per heavy atom. The molecule has 0 aromatic heterocycles. The minimum Gasteiger partial charge on any atom is -0.508 e. The number of Topliss-reactive ketones (excluding diaryl/α,β-unsaturated/α-hetero) is 2. The fourth-order valence-corrected chi connectivity index (χ4v) is 5.27. The van der Waals surface area contributed by atoms with Gasteiger partial charge in [-0.25, -0.2) is 9.18 Å². The lowest BCUT2D eigenvalue weighted by Gasteiger charge is -2.43. The maximum absolute atomic E-state index is 14.8. The van der Waals surface area contributed by atoms with Gasteiger partial charge in [-0.05, 0) is 62.5 Å². The Kier molecular flexibility index (Phi) is 8.84. The van der Waals surface area contributed by atoms with E-state index in [1.54, 1.807) is 25.1 Å². The molecule has 2 N–H and O–H groups in total. The Morgan fingerprint density at radius 1 is 0.900 bits per heavy atom. The molecular formula is C31H33FN2O6. The van der Waals surface area contributed by atoms with Crippen LogP contribution in [0.5, 0.6) is 11.5 Å². The number of halogens is 1. The number of hydrogen-bond acceptors (Lipinski definition) is 7. The van der Waals surface area contributed by atoms with Gasteiger partial charge >= 0.3 is 6.09 Å². The number of carbonyl (C=O) groups is 3. The van der Waals surface area contributed by atoms with Crippen LogP contribution in [0.2, 0.25) is 0 Å². The average Bonchev–Trinajstić information content (AvgIpc) is 2.93.